The molecular weight excluding hydrogens is 711 g/mol. The molecule has 0 aromatic heterocycles. The average Bonchev–Trinajstić information content (AvgIpc) is 3.38. The third-order valence-electron chi connectivity index (χ3n) is 10.6. The first-order chi connectivity index (χ1) is 32.6. The van der Waals surface area contributed by atoms with Gasteiger partial charge >= 0.3 is 0 Å². The van der Waals surface area contributed by atoms with Crippen molar-refractivity contribution in [1.82, 2.24) is 0 Å². The van der Waals surface area contributed by atoms with Crippen molar-refractivity contribution < 1.29 is 11.0 Å². The van der Waals surface area contributed by atoms with E-state index in [1.807, 2.05) is 176 Å². The minimum Gasteiger partial charge on any atom is -0.311 e. The van der Waals surface area contributed by atoms with E-state index in [0.717, 1.165) is 55.3 Å². The second kappa shape index (κ2) is 16.0. The van der Waals surface area contributed by atoms with Crippen molar-refractivity contribution in [1.29, 1.82) is 0 Å². The summed E-state index contributed by atoms with van der Waals surface area (Å²) in [5.41, 5.74) is 8.21. The van der Waals surface area contributed by atoms with Gasteiger partial charge < -0.3 is 4.90 Å². The number of hydrogen-bond acceptors (Lipinski definition) is 1. The Labute approximate surface area is 358 Å². The largest absolute Gasteiger partial charge is 0.311 e. The Morgan fingerprint density at radius 1 is 0.220 bits per heavy atom. The van der Waals surface area contributed by atoms with Crippen LogP contribution in [0, 0.1) is 0 Å². The van der Waals surface area contributed by atoms with E-state index in [-0.39, 0.29) is 46.7 Å². The molecule has 0 bridgehead atoms. The Hall–Kier alpha value is -7.74. The van der Waals surface area contributed by atoms with Crippen molar-refractivity contribution in [2.45, 2.75) is 0 Å². The van der Waals surface area contributed by atoms with Crippen LogP contribution in [0.1, 0.15) is 11.0 Å². The molecule has 0 fully saturated rings. The monoisotopic (exact) mass is 759 g/mol. The van der Waals surface area contributed by atoms with Crippen molar-refractivity contribution in [3.63, 3.8) is 0 Å². The van der Waals surface area contributed by atoms with Crippen molar-refractivity contribution >= 4 is 27.8 Å². The number of anilines is 3. The fraction of sp³-hybridized carbons (Fsp3) is 0. The van der Waals surface area contributed by atoms with E-state index < -0.39 is 24.2 Å². The lowest BCUT2D eigenvalue weighted by atomic mass is 9.93. The van der Waals surface area contributed by atoms with Crippen LogP contribution in [0.2, 0.25) is 0 Å². The molecule has 0 radical (unpaired) electrons. The van der Waals surface area contributed by atoms with Gasteiger partial charge in [0, 0.05) is 17.1 Å². The highest BCUT2D eigenvalue weighted by molar-refractivity contribution is 5.89. The molecule has 0 heterocycles. The van der Waals surface area contributed by atoms with Gasteiger partial charge in [-0.05, 0) is 144 Å². The molecule has 278 valence electrons. The molecule has 0 aliphatic rings. The highest BCUT2D eigenvalue weighted by Crippen LogP contribution is 2.39. The van der Waals surface area contributed by atoms with E-state index in [1.54, 1.807) is 18.2 Å². The molecule has 0 saturated carbocycles. The fourth-order valence-electron chi connectivity index (χ4n) is 7.52. The zero-order chi connectivity index (χ0) is 46.3. The van der Waals surface area contributed by atoms with Crippen LogP contribution in [-0.2, 0) is 0 Å². The summed E-state index contributed by atoms with van der Waals surface area (Å²) in [6.45, 7) is 0. The van der Waals surface area contributed by atoms with Crippen molar-refractivity contribution in [2.75, 3.05) is 4.90 Å². The molecular formula is C58H41N. The summed E-state index contributed by atoms with van der Waals surface area (Å²) in [7, 11) is 0. The Kier molecular flexibility index (Phi) is 7.54. The maximum absolute atomic E-state index is 9.70. The van der Waals surface area contributed by atoms with Gasteiger partial charge in [-0.1, -0.05) is 182 Å². The summed E-state index contributed by atoms with van der Waals surface area (Å²) in [5, 5.41) is 2.17. The van der Waals surface area contributed by atoms with Crippen LogP contribution in [0.3, 0.4) is 0 Å². The highest BCUT2D eigenvalue weighted by atomic mass is 15.1. The molecule has 0 N–H and O–H groups in total. The molecule has 1 nitrogen and oxygen atoms in total. The van der Waals surface area contributed by atoms with Crippen LogP contribution in [0.15, 0.2) is 249 Å². The van der Waals surface area contributed by atoms with Gasteiger partial charge in [0.05, 0.1) is 11.0 Å². The summed E-state index contributed by atoms with van der Waals surface area (Å²) in [6, 6.07) is 61.1. The SMILES string of the molecule is [2H]c1c([2H])c(N(c2ccc(-c3ccccc3)cc2)c2c([2H])c([2H])c(-c3cc(-c4ccccc4)cc(-c4ccccc4)c3)c([2H])c2[2H])c([2H])c([2H])c1-c1cccc(-c2ccc3ccccc3c2)c1. The normalized spacial score (nSPS) is 12.9. The van der Waals surface area contributed by atoms with Crippen molar-refractivity contribution in [3.8, 4) is 66.8 Å². The summed E-state index contributed by atoms with van der Waals surface area (Å²) < 4.78 is 76.9. The van der Waals surface area contributed by atoms with Crippen molar-refractivity contribution in [2.24, 2.45) is 0 Å². The minimum absolute atomic E-state index is 0.0919. The number of rotatable bonds is 9. The smallest absolute Gasteiger partial charge is 0.0645 e. The summed E-state index contributed by atoms with van der Waals surface area (Å²) in [4.78, 5) is 1.35. The zero-order valence-corrected chi connectivity index (χ0v) is 32.0. The van der Waals surface area contributed by atoms with Crippen LogP contribution in [0.5, 0.6) is 0 Å². The molecule has 59 heavy (non-hydrogen) atoms. The predicted molar refractivity (Wildman–Crippen MR) is 251 cm³/mol. The molecule has 10 aromatic rings. The third kappa shape index (κ3) is 7.58. The molecule has 0 spiro atoms. The highest BCUT2D eigenvalue weighted by Gasteiger charge is 2.15. The summed E-state index contributed by atoms with van der Waals surface area (Å²) >= 11 is 0. The van der Waals surface area contributed by atoms with Gasteiger partial charge in [-0.15, -0.1) is 0 Å². The van der Waals surface area contributed by atoms with Crippen LogP contribution in [-0.4, -0.2) is 0 Å². The van der Waals surface area contributed by atoms with Gasteiger partial charge in [-0.2, -0.15) is 0 Å². The fourth-order valence-corrected chi connectivity index (χ4v) is 7.52. The van der Waals surface area contributed by atoms with Gasteiger partial charge in [0.25, 0.3) is 0 Å². The molecule has 0 aliphatic heterocycles. The molecule has 0 saturated heterocycles. The number of fused-ring (bicyclic) bond motifs is 1. The number of nitrogens with zero attached hydrogens (tertiary/aromatic N) is 1. The van der Waals surface area contributed by atoms with Gasteiger partial charge in [-0.3, -0.25) is 0 Å². The van der Waals surface area contributed by atoms with Gasteiger partial charge in [-0.25, -0.2) is 0 Å². The lowest BCUT2D eigenvalue weighted by Crippen LogP contribution is -2.09. The van der Waals surface area contributed by atoms with E-state index in [9.17, 15) is 11.0 Å². The molecule has 0 amide bonds. The van der Waals surface area contributed by atoms with Crippen LogP contribution in [0.4, 0.5) is 17.1 Å². The molecule has 0 atom stereocenters. The van der Waals surface area contributed by atoms with Crippen LogP contribution in [0.25, 0.3) is 77.5 Å². The van der Waals surface area contributed by atoms with Crippen molar-refractivity contribution in [3.05, 3.63) is 249 Å². The topological polar surface area (TPSA) is 3.24 Å². The van der Waals surface area contributed by atoms with E-state index in [4.69, 9.17) is 0 Å². The second-order valence-corrected chi connectivity index (χ2v) is 14.4. The van der Waals surface area contributed by atoms with Crippen LogP contribution < -0.4 is 4.90 Å². The number of benzene rings is 10. The zero-order valence-electron chi connectivity index (χ0n) is 40.0. The first-order valence-electron chi connectivity index (χ1n) is 23.6. The number of hydrogen-bond donors (Lipinski definition) is 0. The first kappa shape index (κ1) is 27.8. The van der Waals surface area contributed by atoms with E-state index >= 15 is 0 Å². The average molecular weight is 760 g/mol. The Bertz CT molecular complexity index is 3370. The van der Waals surface area contributed by atoms with E-state index in [2.05, 4.69) is 6.07 Å². The molecule has 10 aromatic carbocycles. The standard InChI is InChI=1S/C58H41N/c1-4-13-42(14-5-1)46-25-31-56(32-26-46)59(57-33-27-47(28-34-57)50-21-12-22-51(37-50)52-24-23-45-19-10-11-20-49(45)38-52)58-35-29-48(30-36-58)55-40-53(43-15-6-2-7-16-43)39-54(41-55)44-17-8-3-9-18-44/h1-41H/i27D,28D,29D,30D,33D,34D,35D,36D. The van der Waals surface area contributed by atoms with Crippen LogP contribution >= 0.6 is 0 Å². The Morgan fingerprint density at radius 2 is 0.576 bits per heavy atom. The van der Waals surface area contributed by atoms with E-state index in [1.165, 1.54) is 4.90 Å². The lowest BCUT2D eigenvalue weighted by Gasteiger charge is -2.26. The van der Waals surface area contributed by atoms with Gasteiger partial charge in [0.15, 0.2) is 0 Å². The lowest BCUT2D eigenvalue weighted by molar-refractivity contribution is 1.28. The summed E-state index contributed by atoms with van der Waals surface area (Å²) in [6.07, 6.45) is 0. The molecule has 10 rings (SSSR count). The predicted octanol–water partition coefficient (Wildman–Crippen LogP) is 16.3. The second-order valence-electron chi connectivity index (χ2n) is 14.4. The molecule has 0 aliphatic carbocycles. The summed E-state index contributed by atoms with van der Waals surface area (Å²) in [5.74, 6) is 0. The van der Waals surface area contributed by atoms with Gasteiger partial charge in [0.1, 0.15) is 0 Å². The van der Waals surface area contributed by atoms with Gasteiger partial charge in [0.2, 0.25) is 0 Å². The Morgan fingerprint density at radius 3 is 1.12 bits per heavy atom. The third-order valence-corrected chi connectivity index (χ3v) is 10.6. The molecule has 0 unspecified atom stereocenters. The molecule has 1 heteroatoms. The maximum Gasteiger partial charge on any atom is 0.0645 e. The maximum atomic E-state index is 9.70. The van der Waals surface area contributed by atoms with E-state index in [0.29, 0.717) is 16.8 Å². The Balaban J connectivity index is 1.16. The minimum atomic E-state index is -0.404. The quantitative estimate of drug-likeness (QED) is 0.142. The first-order valence-corrected chi connectivity index (χ1v) is 19.6.